The lowest BCUT2D eigenvalue weighted by Gasteiger charge is -2.36. The molecular formula is C19H22Cl2NO5P. The molecule has 0 radical (unpaired) electrons. The fourth-order valence-corrected chi connectivity index (χ4v) is 6.04. The largest absolute Gasteiger partial charge is 0.463 e. The average Bonchev–Trinajstić information content (AvgIpc) is 2.64. The van der Waals surface area contributed by atoms with Crippen LogP contribution >= 0.6 is 30.8 Å². The molecule has 1 aromatic carbocycles. The first-order chi connectivity index (χ1) is 13.3. The summed E-state index contributed by atoms with van der Waals surface area (Å²) in [4.78, 5) is 12.8. The molecule has 0 amide bonds. The van der Waals surface area contributed by atoms with E-state index in [1.54, 1.807) is 39.0 Å². The third kappa shape index (κ3) is 3.89. The first-order valence-electron chi connectivity index (χ1n) is 8.99. The van der Waals surface area contributed by atoms with Crippen LogP contribution in [0.1, 0.15) is 38.7 Å². The summed E-state index contributed by atoms with van der Waals surface area (Å²) in [6.07, 6.45) is 0.645. The van der Waals surface area contributed by atoms with E-state index in [0.29, 0.717) is 52.5 Å². The molecule has 1 atom stereocenters. The Morgan fingerprint density at radius 1 is 1.25 bits per heavy atom. The van der Waals surface area contributed by atoms with Gasteiger partial charge in [0.1, 0.15) is 0 Å². The van der Waals surface area contributed by atoms with E-state index in [1.165, 1.54) is 0 Å². The van der Waals surface area contributed by atoms with Crippen LogP contribution in [-0.4, -0.2) is 25.8 Å². The Labute approximate surface area is 174 Å². The number of ether oxygens (including phenoxy) is 1. The number of dihydropyridines is 1. The SMILES string of the molecule is CCOC(=O)C1=C(C)NC(C)=C(P2(=O)OCCCO2)C1c1cccc(Cl)c1Cl. The maximum absolute atomic E-state index is 13.6. The van der Waals surface area contributed by atoms with Crippen molar-refractivity contribution in [3.05, 3.63) is 56.1 Å². The smallest absolute Gasteiger partial charge is 0.360 e. The minimum atomic E-state index is -3.65. The molecule has 1 aromatic rings. The van der Waals surface area contributed by atoms with Crippen LogP contribution in [0.5, 0.6) is 0 Å². The van der Waals surface area contributed by atoms with Gasteiger partial charge in [-0.15, -0.1) is 0 Å². The highest BCUT2D eigenvalue weighted by Gasteiger charge is 2.46. The second-order valence-corrected chi connectivity index (χ2v) is 9.27. The van der Waals surface area contributed by atoms with E-state index >= 15 is 0 Å². The van der Waals surface area contributed by atoms with Gasteiger partial charge >= 0.3 is 13.6 Å². The van der Waals surface area contributed by atoms with Crippen LogP contribution < -0.4 is 5.32 Å². The van der Waals surface area contributed by atoms with Gasteiger partial charge in [0, 0.05) is 11.4 Å². The second kappa shape index (κ2) is 8.60. The van der Waals surface area contributed by atoms with Gasteiger partial charge in [-0.1, -0.05) is 35.3 Å². The van der Waals surface area contributed by atoms with Gasteiger partial charge in [-0.05, 0) is 38.8 Å². The zero-order valence-electron chi connectivity index (χ0n) is 15.9. The Hall–Kier alpha value is -1.30. The van der Waals surface area contributed by atoms with Gasteiger partial charge < -0.3 is 19.1 Å². The lowest BCUT2D eigenvalue weighted by atomic mass is 9.86. The van der Waals surface area contributed by atoms with Crippen LogP contribution in [0.2, 0.25) is 10.0 Å². The molecule has 1 saturated heterocycles. The molecule has 9 heteroatoms. The summed E-state index contributed by atoms with van der Waals surface area (Å²) in [5, 5.41) is 4.09. The molecule has 6 nitrogen and oxygen atoms in total. The molecule has 152 valence electrons. The molecule has 0 aliphatic carbocycles. The number of allylic oxidation sites excluding steroid dienone is 3. The Morgan fingerprint density at radius 2 is 1.93 bits per heavy atom. The van der Waals surface area contributed by atoms with Crippen LogP contribution in [0.25, 0.3) is 0 Å². The van der Waals surface area contributed by atoms with Crippen molar-refractivity contribution in [3.8, 4) is 0 Å². The van der Waals surface area contributed by atoms with E-state index in [0.717, 1.165) is 0 Å². The topological polar surface area (TPSA) is 73.9 Å². The third-order valence-electron chi connectivity index (χ3n) is 4.62. The fraction of sp³-hybridized carbons (Fsp3) is 0.421. The van der Waals surface area contributed by atoms with E-state index in [9.17, 15) is 9.36 Å². The second-order valence-electron chi connectivity index (χ2n) is 6.49. The van der Waals surface area contributed by atoms with Crippen LogP contribution in [0.3, 0.4) is 0 Å². The zero-order chi connectivity index (χ0) is 20.5. The van der Waals surface area contributed by atoms with Gasteiger partial charge in [0.05, 0.1) is 46.7 Å². The number of carbonyl (C=O) groups is 1. The first kappa shape index (κ1) is 21.4. The Morgan fingerprint density at radius 3 is 2.57 bits per heavy atom. The summed E-state index contributed by atoms with van der Waals surface area (Å²) in [5.74, 6) is -1.29. The van der Waals surface area contributed by atoms with E-state index in [-0.39, 0.29) is 11.6 Å². The van der Waals surface area contributed by atoms with Crippen molar-refractivity contribution in [1.29, 1.82) is 0 Å². The fourth-order valence-electron chi connectivity index (χ4n) is 3.48. The molecule has 1 N–H and O–H groups in total. The van der Waals surface area contributed by atoms with Gasteiger partial charge in [-0.25, -0.2) is 4.79 Å². The van der Waals surface area contributed by atoms with Gasteiger partial charge in [0.2, 0.25) is 0 Å². The number of carbonyl (C=O) groups excluding carboxylic acids is 1. The Balaban J connectivity index is 2.24. The zero-order valence-corrected chi connectivity index (χ0v) is 18.3. The molecule has 2 aliphatic rings. The van der Waals surface area contributed by atoms with E-state index in [2.05, 4.69) is 5.32 Å². The predicted molar refractivity (Wildman–Crippen MR) is 108 cm³/mol. The minimum absolute atomic E-state index is 0.203. The highest BCUT2D eigenvalue weighted by Crippen LogP contribution is 2.65. The molecule has 1 unspecified atom stereocenters. The molecular weight excluding hydrogens is 424 g/mol. The molecule has 0 aromatic heterocycles. The lowest BCUT2D eigenvalue weighted by molar-refractivity contribution is -0.138. The molecule has 28 heavy (non-hydrogen) atoms. The van der Waals surface area contributed by atoms with Crippen molar-refractivity contribution in [3.63, 3.8) is 0 Å². The van der Waals surface area contributed by atoms with Gasteiger partial charge in [-0.3, -0.25) is 4.57 Å². The molecule has 2 heterocycles. The Kier molecular flexibility index (Phi) is 6.58. The van der Waals surface area contributed by atoms with Crippen molar-refractivity contribution in [2.24, 2.45) is 0 Å². The number of rotatable bonds is 4. The van der Waals surface area contributed by atoms with E-state index < -0.39 is 19.5 Å². The normalized spacial score (nSPS) is 22.1. The number of hydrogen-bond donors (Lipinski definition) is 1. The van der Waals surface area contributed by atoms with Gasteiger partial charge in [0.15, 0.2) is 0 Å². The minimum Gasteiger partial charge on any atom is -0.463 e. The van der Waals surface area contributed by atoms with Crippen molar-refractivity contribution in [1.82, 2.24) is 5.32 Å². The molecule has 3 rings (SSSR count). The maximum Gasteiger partial charge on any atom is 0.360 e. The van der Waals surface area contributed by atoms with E-state index in [4.69, 9.17) is 37.0 Å². The van der Waals surface area contributed by atoms with Crippen LogP contribution in [0.4, 0.5) is 0 Å². The van der Waals surface area contributed by atoms with Crippen molar-refractivity contribution in [2.75, 3.05) is 19.8 Å². The van der Waals surface area contributed by atoms with Gasteiger partial charge in [0.25, 0.3) is 0 Å². The summed E-state index contributed by atoms with van der Waals surface area (Å²) < 4.78 is 30.1. The number of hydrogen-bond acceptors (Lipinski definition) is 6. The summed E-state index contributed by atoms with van der Waals surface area (Å²) in [7, 11) is -3.65. The summed E-state index contributed by atoms with van der Waals surface area (Å²) in [6.45, 7) is 6.07. The summed E-state index contributed by atoms with van der Waals surface area (Å²) in [6, 6.07) is 5.14. The number of esters is 1. The number of nitrogens with one attached hydrogen (secondary N) is 1. The third-order valence-corrected chi connectivity index (χ3v) is 7.68. The molecule has 1 fully saturated rings. The molecule has 0 saturated carbocycles. The van der Waals surface area contributed by atoms with E-state index in [1.807, 2.05) is 0 Å². The van der Waals surface area contributed by atoms with Crippen LogP contribution in [-0.2, 0) is 23.1 Å². The van der Waals surface area contributed by atoms with Crippen LogP contribution in [0.15, 0.2) is 40.5 Å². The standard InChI is InChI=1S/C19H22Cl2NO5P/c1-4-25-19(23)15-11(2)22-12(3)18(28(24)26-9-6-10-27-28)16(15)13-7-5-8-14(20)17(13)21/h5,7-8,16,22H,4,6,9-10H2,1-3H3. The highest BCUT2D eigenvalue weighted by atomic mass is 35.5. The lowest BCUT2D eigenvalue weighted by Crippen LogP contribution is -2.30. The summed E-state index contributed by atoms with van der Waals surface area (Å²) >= 11 is 12.7. The maximum atomic E-state index is 13.6. The van der Waals surface area contributed by atoms with Crippen molar-refractivity contribution < 1.29 is 23.1 Å². The predicted octanol–water partition coefficient (Wildman–Crippen LogP) is 5.38. The molecule has 2 aliphatic heterocycles. The highest BCUT2D eigenvalue weighted by molar-refractivity contribution is 7.58. The van der Waals surface area contributed by atoms with Crippen molar-refractivity contribution >= 4 is 36.8 Å². The van der Waals surface area contributed by atoms with Crippen LogP contribution in [0, 0.1) is 0 Å². The summed E-state index contributed by atoms with van der Waals surface area (Å²) in [5.41, 5.74) is 2.03. The molecule has 0 bridgehead atoms. The first-order valence-corrected chi connectivity index (χ1v) is 11.3. The Bertz CT molecular complexity index is 902. The number of benzene rings is 1. The monoisotopic (exact) mass is 445 g/mol. The number of halogens is 2. The molecule has 0 spiro atoms. The average molecular weight is 446 g/mol. The quantitative estimate of drug-likeness (QED) is 0.495. The van der Waals surface area contributed by atoms with Gasteiger partial charge in [-0.2, -0.15) is 0 Å². The van der Waals surface area contributed by atoms with Crippen molar-refractivity contribution in [2.45, 2.75) is 33.1 Å².